The predicted octanol–water partition coefficient (Wildman–Crippen LogP) is 3.11. The van der Waals surface area contributed by atoms with Crippen LogP contribution < -0.4 is 10.6 Å². The van der Waals surface area contributed by atoms with Gasteiger partial charge in [0.1, 0.15) is 0 Å². The van der Waals surface area contributed by atoms with Crippen LogP contribution >= 0.6 is 0 Å². The van der Waals surface area contributed by atoms with Crippen LogP contribution in [0.15, 0.2) is 36.4 Å². The molecule has 0 saturated heterocycles. The highest BCUT2D eigenvalue weighted by atomic mass is 15.1. The Balaban J connectivity index is 2.82. The fourth-order valence-corrected chi connectivity index (χ4v) is 1.70. The van der Waals surface area contributed by atoms with Crippen molar-refractivity contribution in [3.8, 4) is 0 Å². The third kappa shape index (κ3) is 3.38. The minimum absolute atomic E-state index is 0.102. The molecule has 1 unspecified atom stereocenters. The SMILES string of the molecule is C=C(C)CN(CC)c1ccc(C(C)N)cc1. The van der Waals surface area contributed by atoms with Crippen molar-refractivity contribution in [2.24, 2.45) is 5.73 Å². The average molecular weight is 218 g/mol. The number of likely N-dealkylation sites (N-methyl/N-ethyl adjacent to an activating group) is 1. The molecule has 0 radical (unpaired) electrons. The highest BCUT2D eigenvalue weighted by Crippen LogP contribution is 2.18. The largest absolute Gasteiger partial charge is 0.368 e. The molecule has 0 spiro atoms. The van der Waals surface area contributed by atoms with Gasteiger partial charge in [0.25, 0.3) is 0 Å². The van der Waals surface area contributed by atoms with Crippen molar-refractivity contribution in [2.75, 3.05) is 18.0 Å². The zero-order valence-corrected chi connectivity index (χ0v) is 10.5. The number of rotatable bonds is 5. The first-order valence-electron chi connectivity index (χ1n) is 5.79. The summed E-state index contributed by atoms with van der Waals surface area (Å²) in [7, 11) is 0. The molecule has 2 heteroatoms. The van der Waals surface area contributed by atoms with Gasteiger partial charge in [-0.25, -0.2) is 0 Å². The molecule has 0 aliphatic carbocycles. The van der Waals surface area contributed by atoms with E-state index in [1.807, 2.05) is 6.92 Å². The van der Waals surface area contributed by atoms with Gasteiger partial charge in [-0.15, -0.1) is 0 Å². The zero-order chi connectivity index (χ0) is 12.1. The molecule has 1 atom stereocenters. The van der Waals surface area contributed by atoms with Gasteiger partial charge in [-0.1, -0.05) is 24.3 Å². The summed E-state index contributed by atoms with van der Waals surface area (Å²) in [4.78, 5) is 2.30. The van der Waals surface area contributed by atoms with E-state index in [1.165, 1.54) is 16.8 Å². The van der Waals surface area contributed by atoms with Gasteiger partial charge in [-0.2, -0.15) is 0 Å². The van der Waals surface area contributed by atoms with Crippen molar-refractivity contribution in [1.29, 1.82) is 0 Å². The molecule has 0 heterocycles. The molecule has 16 heavy (non-hydrogen) atoms. The number of nitrogens with two attached hydrogens (primary N) is 1. The summed E-state index contributed by atoms with van der Waals surface area (Å²) in [5.41, 5.74) is 9.41. The first kappa shape index (κ1) is 12.8. The lowest BCUT2D eigenvalue weighted by molar-refractivity contribution is 0.816. The molecule has 2 nitrogen and oxygen atoms in total. The Morgan fingerprint density at radius 2 is 1.94 bits per heavy atom. The van der Waals surface area contributed by atoms with Crippen LogP contribution in [0.1, 0.15) is 32.4 Å². The van der Waals surface area contributed by atoms with Crippen LogP contribution in [0.4, 0.5) is 5.69 Å². The number of hydrogen-bond acceptors (Lipinski definition) is 2. The van der Waals surface area contributed by atoms with Gasteiger partial charge in [-0.3, -0.25) is 0 Å². The summed E-state index contributed by atoms with van der Waals surface area (Å²) in [6.07, 6.45) is 0. The van der Waals surface area contributed by atoms with E-state index in [1.54, 1.807) is 0 Å². The first-order chi connectivity index (χ1) is 7.54. The molecule has 0 aromatic heterocycles. The summed E-state index contributed by atoms with van der Waals surface area (Å²) in [5, 5.41) is 0. The molecule has 0 aliphatic rings. The fourth-order valence-electron chi connectivity index (χ4n) is 1.70. The first-order valence-corrected chi connectivity index (χ1v) is 5.79. The Morgan fingerprint density at radius 1 is 1.38 bits per heavy atom. The molecule has 0 aliphatic heterocycles. The maximum Gasteiger partial charge on any atom is 0.0383 e. The van der Waals surface area contributed by atoms with Crippen LogP contribution in [0, 0.1) is 0 Å². The Morgan fingerprint density at radius 3 is 2.31 bits per heavy atom. The van der Waals surface area contributed by atoms with Gasteiger partial charge in [0.2, 0.25) is 0 Å². The van der Waals surface area contributed by atoms with E-state index >= 15 is 0 Å². The summed E-state index contributed by atoms with van der Waals surface area (Å²) in [6.45, 7) is 12.1. The third-order valence-electron chi connectivity index (χ3n) is 2.63. The molecule has 1 aromatic carbocycles. The van der Waals surface area contributed by atoms with Crippen molar-refractivity contribution < 1.29 is 0 Å². The highest BCUT2D eigenvalue weighted by molar-refractivity contribution is 5.48. The van der Waals surface area contributed by atoms with Crippen LogP contribution in [-0.4, -0.2) is 13.1 Å². The normalized spacial score (nSPS) is 12.2. The van der Waals surface area contributed by atoms with Crippen LogP contribution in [0.5, 0.6) is 0 Å². The van der Waals surface area contributed by atoms with Crippen molar-refractivity contribution in [1.82, 2.24) is 0 Å². The second-order valence-corrected chi connectivity index (χ2v) is 4.35. The van der Waals surface area contributed by atoms with Crippen LogP contribution in [0.2, 0.25) is 0 Å². The standard InChI is InChI=1S/C14H22N2/c1-5-16(10-11(2)3)14-8-6-13(7-9-14)12(4)15/h6-9,12H,2,5,10,15H2,1,3-4H3. The number of nitrogens with zero attached hydrogens (tertiary/aromatic N) is 1. The van der Waals surface area contributed by atoms with Crippen LogP contribution in [0.25, 0.3) is 0 Å². The van der Waals surface area contributed by atoms with Gasteiger partial charge < -0.3 is 10.6 Å². The van der Waals surface area contributed by atoms with E-state index in [-0.39, 0.29) is 6.04 Å². The van der Waals surface area contributed by atoms with E-state index in [0.29, 0.717) is 0 Å². The van der Waals surface area contributed by atoms with Crippen LogP contribution in [-0.2, 0) is 0 Å². The highest BCUT2D eigenvalue weighted by Gasteiger charge is 2.05. The van der Waals surface area contributed by atoms with Crippen molar-refractivity contribution >= 4 is 5.69 Å². The molecule has 2 N–H and O–H groups in total. The fraction of sp³-hybridized carbons (Fsp3) is 0.429. The predicted molar refractivity (Wildman–Crippen MR) is 71.7 cm³/mol. The molecule has 88 valence electrons. The van der Waals surface area contributed by atoms with Crippen molar-refractivity contribution in [3.05, 3.63) is 42.0 Å². The second-order valence-electron chi connectivity index (χ2n) is 4.35. The Bertz CT molecular complexity index is 338. The van der Waals surface area contributed by atoms with E-state index in [2.05, 4.69) is 49.6 Å². The maximum atomic E-state index is 5.83. The monoisotopic (exact) mass is 218 g/mol. The van der Waals surface area contributed by atoms with E-state index < -0.39 is 0 Å². The molecule has 1 aromatic rings. The Labute approximate surface area is 98.8 Å². The Kier molecular flexibility index (Phi) is 4.56. The number of anilines is 1. The van der Waals surface area contributed by atoms with Gasteiger partial charge in [0.15, 0.2) is 0 Å². The summed E-state index contributed by atoms with van der Waals surface area (Å²) in [5.74, 6) is 0. The second kappa shape index (κ2) is 5.71. The lowest BCUT2D eigenvalue weighted by Gasteiger charge is -2.23. The van der Waals surface area contributed by atoms with Crippen molar-refractivity contribution in [2.45, 2.75) is 26.8 Å². The molecule has 1 rings (SSSR count). The quantitative estimate of drug-likeness (QED) is 0.769. The Hall–Kier alpha value is -1.28. The molecule has 0 bridgehead atoms. The lowest BCUT2D eigenvalue weighted by atomic mass is 10.1. The van der Waals surface area contributed by atoms with Crippen LogP contribution in [0.3, 0.4) is 0 Å². The summed E-state index contributed by atoms with van der Waals surface area (Å²) < 4.78 is 0. The summed E-state index contributed by atoms with van der Waals surface area (Å²) in [6, 6.07) is 8.56. The molecule has 0 amide bonds. The van der Waals surface area contributed by atoms with Crippen molar-refractivity contribution in [3.63, 3.8) is 0 Å². The minimum atomic E-state index is 0.102. The average Bonchev–Trinajstić information content (AvgIpc) is 2.25. The molecule has 0 saturated carbocycles. The van der Waals surface area contributed by atoms with E-state index in [0.717, 1.165) is 13.1 Å². The van der Waals surface area contributed by atoms with E-state index in [9.17, 15) is 0 Å². The third-order valence-corrected chi connectivity index (χ3v) is 2.63. The molecule has 0 fully saturated rings. The minimum Gasteiger partial charge on any atom is -0.368 e. The molecular formula is C14H22N2. The van der Waals surface area contributed by atoms with Gasteiger partial charge >= 0.3 is 0 Å². The molecular weight excluding hydrogens is 196 g/mol. The lowest BCUT2D eigenvalue weighted by Crippen LogP contribution is -2.24. The van der Waals surface area contributed by atoms with E-state index in [4.69, 9.17) is 5.73 Å². The van der Waals surface area contributed by atoms with Gasteiger partial charge in [0.05, 0.1) is 0 Å². The zero-order valence-electron chi connectivity index (χ0n) is 10.5. The van der Waals surface area contributed by atoms with Gasteiger partial charge in [-0.05, 0) is 38.5 Å². The topological polar surface area (TPSA) is 29.3 Å². The number of benzene rings is 1. The van der Waals surface area contributed by atoms with Gasteiger partial charge in [0, 0.05) is 24.8 Å². The maximum absolute atomic E-state index is 5.83. The smallest absolute Gasteiger partial charge is 0.0383 e. The number of hydrogen-bond donors (Lipinski definition) is 1. The summed E-state index contributed by atoms with van der Waals surface area (Å²) >= 11 is 0.